The highest BCUT2D eigenvalue weighted by atomic mass is 16.5. The number of carbonyl (C=O) groups is 1. The Morgan fingerprint density at radius 2 is 1.73 bits per heavy atom. The van der Waals surface area contributed by atoms with Crippen LogP contribution in [-0.4, -0.2) is 37.0 Å². The number of benzene rings is 2. The molecule has 0 unspecified atom stereocenters. The lowest BCUT2D eigenvalue weighted by atomic mass is 9.99. The Morgan fingerprint density at radius 3 is 2.50 bits per heavy atom. The molecule has 1 atom stereocenters. The number of para-hydroxylation sites is 2. The molecule has 4 heteroatoms. The molecule has 2 aliphatic rings. The van der Waals surface area contributed by atoms with E-state index in [-0.39, 0.29) is 11.9 Å². The standard InChI is InChI=1S/C22H26N2O2/c1-17-11-13-23(14-12-17)15-22(25)24-19-9-5-6-10-21(19)26-16-20(24)18-7-3-2-4-8-18/h2-10,17,20H,11-16H2,1H3/t20-/m0/s1. The van der Waals surface area contributed by atoms with Gasteiger partial charge in [0.2, 0.25) is 5.91 Å². The molecule has 2 aromatic carbocycles. The SMILES string of the molecule is CC1CCN(CC(=O)N2c3ccccc3OC[C@H]2c2ccccc2)CC1. The second-order valence-corrected chi connectivity index (χ2v) is 7.43. The van der Waals surface area contributed by atoms with Gasteiger partial charge in [0.15, 0.2) is 0 Å². The highest BCUT2D eigenvalue weighted by Gasteiger charge is 2.34. The highest BCUT2D eigenvalue weighted by molar-refractivity contribution is 5.97. The van der Waals surface area contributed by atoms with E-state index in [9.17, 15) is 4.79 Å². The van der Waals surface area contributed by atoms with Crippen molar-refractivity contribution in [2.45, 2.75) is 25.8 Å². The lowest BCUT2D eigenvalue weighted by molar-refractivity contribution is -0.121. The zero-order chi connectivity index (χ0) is 17.9. The van der Waals surface area contributed by atoms with Gasteiger partial charge < -0.3 is 4.74 Å². The maximum Gasteiger partial charge on any atom is 0.241 e. The molecule has 2 aliphatic heterocycles. The van der Waals surface area contributed by atoms with Crippen molar-refractivity contribution in [2.75, 3.05) is 31.1 Å². The molecule has 136 valence electrons. The van der Waals surface area contributed by atoms with E-state index in [4.69, 9.17) is 4.74 Å². The van der Waals surface area contributed by atoms with Crippen LogP contribution in [0.25, 0.3) is 0 Å². The van der Waals surface area contributed by atoms with E-state index >= 15 is 0 Å². The fourth-order valence-corrected chi connectivity index (χ4v) is 3.91. The number of hydrogen-bond donors (Lipinski definition) is 0. The Hall–Kier alpha value is -2.33. The summed E-state index contributed by atoms with van der Waals surface area (Å²) < 4.78 is 5.97. The minimum Gasteiger partial charge on any atom is -0.489 e. The van der Waals surface area contributed by atoms with Gasteiger partial charge >= 0.3 is 0 Å². The Labute approximate surface area is 155 Å². The van der Waals surface area contributed by atoms with Gasteiger partial charge in [-0.3, -0.25) is 14.6 Å². The molecule has 0 N–H and O–H groups in total. The van der Waals surface area contributed by atoms with Gasteiger partial charge in [0.1, 0.15) is 12.4 Å². The summed E-state index contributed by atoms with van der Waals surface area (Å²) in [4.78, 5) is 17.6. The number of carbonyl (C=O) groups excluding carboxylic acids is 1. The number of fused-ring (bicyclic) bond motifs is 1. The summed E-state index contributed by atoms with van der Waals surface area (Å²) in [6.07, 6.45) is 2.35. The topological polar surface area (TPSA) is 32.8 Å². The lowest BCUT2D eigenvalue weighted by Crippen LogP contribution is -2.47. The maximum absolute atomic E-state index is 13.3. The summed E-state index contributed by atoms with van der Waals surface area (Å²) in [5, 5.41) is 0. The minimum atomic E-state index is -0.0812. The molecule has 0 spiro atoms. The summed E-state index contributed by atoms with van der Waals surface area (Å²) in [5.41, 5.74) is 1.99. The summed E-state index contributed by atoms with van der Waals surface area (Å²) in [5.74, 6) is 1.71. The molecule has 0 aliphatic carbocycles. The van der Waals surface area contributed by atoms with Gasteiger partial charge in [-0.05, 0) is 49.5 Å². The molecule has 0 saturated carbocycles. The van der Waals surface area contributed by atoms with Crippen LogP contribution in [0.5, 0.6) is 5.75 Å². The molecule has 4 nitrogen and oxygen atoms in total. The van der Waals surface area contributed by atoms with E-state index in [1.807, 2.05) is 47.4 Å². The molecule has 2 heterocycles. The first kappa shape index (κ1) is 17.1. The van der Waals surface area contributed by atoms with Crippen molar-refractivity contribution in [1.82, 2.24) is 4.90 Å². The fraction of sp³-hybridized carbons (Fsp3) is 0.409. The molecule has 2 aromatic rings. The predicted octanol–water partition coefficient (Wildman–Crippen LogP) is 3.89. The first-order valence-corrected chi connectivity index (χ1v) is 9.53. The number of nitrogens with zero attached hydrogens (tertiary/aromatic N) is 2. The highest BCUT2D eigenvalue weighted by Crippen LogP contribution is 2.39. The molecule has 4 rings (SSSR count). The van der Waals surface area contributed by atoms with Crippen LogP contribution in [0.15, 0.2) is 54.6 Å². The van der Waals surface area contributed by atoms with E-state index < -0.39 is 0 Å². The van der Waals surface area contributed by atoms with Gasteiger partial charge in [-0.25, -0.2) is 0 Å². The minimum absolute atomic E-state index is 0.0812. The Kier molecular flexibility index (Phi) is 4.93. The van der Waals surface area contributed by atoms with Crippen molar-refractivity contribution < 1.29 is 9.53 Å². The average Bonchev–Trinajstić information content (AvgIpc) is 2.69. The Balaban J connectivity index is 1.61. The van der Waals surface area contributed by atoms with Gasteiger partial charge in [-0.1, -0.05) is 49.4 Å². The third-order valence-electron chi connectivity index (χ3n) is 5.52. The molecule has 26 heavy (non-hydrogen) atoms. The molecule has 0 aromatic heterocycles. The van der Waals surface area contributed by atoms with E-state index in [0.717, 1.165) is 36.0 Å². The van der Waals surface area contributed by atoms with E-state index in [0.29, 0.717) is 13.2 Å². The molecule has 0 bridgehead atoms. The average molecular weight is 350 g/mol. The third kappa shape index (κ3) is 3.47. The third-order valence-corrected chi connectivity index (χ3v) is 5.52. The van der Waals surface area contributed by atoms with Crippen molar-refractivity contribution in [2.24, 2.45) is 5.92 Å². The van der Waals surface area contributed by atoms with E-state index in [2.05, 4.69) is 24.0 Å². The number of rotatable bonds is 3. The van der Waals surface area contributed by atoms with Crippen molar-refractivity contribution in [3.8, 4) is 5.75 Å². The molecule has 0 radical (unpaired) electrons. The summed E-state index contributed by atoms with van der Waals surface area (Å²) in [6.45, 7) is 5.28. The van der Waals surface area contributed by atoms with Crippen LogP contribution in [0, 0.1) is 5.92 Å². The quantitative estimate of drug-likeness (QED) is 0.842. The van der Waals surface area contributed by atoms with Crippen LogP contribution in [0.4, 0.5) is 5.69 Å². The number of likely N-dealkylation sites (tertiary alicyclic amines) is 1. The predicted molar refractivity (Wildman–Crippen MR) is 103 cm³/mol. The Bertz CT molecular complexity index is 754. The van der Waals surface area contributed by atoms with Crippen molar-refractivity contribution >= 4 is 11.6 Å². The molecule has 1 saturated heterocycles. The van der Waals surface area contributed by atoms with Crippen LogP contribution in [0.2, 0.25) is 0 Å². The van der Waals surface area contributed by atoms with Gasteiger partial charge in [0.25, 0.3) is 0 Å². The normalized spacial score (nSPS) is 21.1. The second kappa shape index (κ2) is 7.50. The van der Waals surface area contributed by atoms with Crippen LogP contribution in [-0.2, 0) is 4.79 Å². The smallest absolute Gasteiger partial charge is 0.241 e. The number of ether oxygens (including phenoxy) is 1. The number of piperidine rings is 1. The van der Waals surface area contributed by atoms with Crippen LogP contribution < -0.4 is 9.64 Å². The summed E-state index contributed by atoms with van der Waals surface area (Å²) >= 11 is 0. The Morgan fingerprint density at radius 1 is 1.04 bits per heavy atom. The molecular formula is C22H26N2O2. The second-order valence-electron chi connectivity index (χ2n) is 7.43. The number of anilines is 1. The molecule has 1 amide bonds. The van der Waals surface area contributed by atoms with Crippen LogP contribution in [0.3, 0.4) is 0 Å². The van der Waals surface area contributed by atoms with Gasteiger partial charge in [0, 0.05) is 0 Å². The summed E-state index contributed by atoms with van der Waals surface area (Å²) in [6, 6.07) is 18.0. The van der Waals surface area contributed by atoms with Gasteiger partial charge in [0.05, 0.1) is 18.3 Å². The van der Waals surface area contributed by atoms with Gasteiger partial charge in [-0.2, -0.15) is 0 Å². The van der Waals surface area contributed by atoms with Crippen LogP contribution >= 0.6 is 0 Å². The lowest BCUT2D eigenvalue weighted by Gasteiger charge is -2.39. The monoisotopic (exact) mass is 350 g/mol. The van der Waals surface area contributed by atoms with Crippen molar-refractivity contribution in [3.63, 3.8) is 0 Å². The zero-order valence-electron chi connectivity index (χ0n) is 15.3. The van der Waals surface area contributed by atoms with Crippen molar-refractivity contribution in [1.29, 1.82) is 0 Å². The first-order valence-electron chi connectivity index (χ1n) is 9.53. The fourth-order valence-electron chi connectivity index (χ4n) is 3.91. The van der Waals surface area contributed by atoms with Gasteiger partial charge in [-0.15, -0.1) is 0 Å². The number of amides is 1. The first-order chi connectivity index (χ1) is 12.7. The molecule has 1 fully saturated rings. The maximum atomic E-state index is 13.3. The zero-order valence-corrected chi connectivity index (χ0v) is 15.3. The molecular weight excluding hydrogens is 324 g/mol. The van der Waals surface area contributed by atoms with Crippen LogP contribution in [0.1, 0.15) is 31.4 Å². The summed E-state index contributed by atoms with van der Waals surface area (Å²) in [7, 11) is 0. The van der Waals surface area contributed by atoms with E-state index in [1.54, 1.807) is 0 Å². The van der Waals surface area contributed by atoms with E-state index in [1.165, 1.54) is 12.8 Å². The number of hydrogen-bond acceptors (Lipinski definition) is 3. The van der Waals surface area contributed by atoms with Crippen molar-refractivity contribution in [3.05, 3.63) is 60.2 Å². The largest absolute Gasteiger partial charge is 0.489 e.